The highest BCUT2D eigenvalue weighted by Crippen LogP contribution is 2.30. The molecule has 1 fully saturated rings. The molecule has 0 bridgehead atoms. The second kappa shape index (κ2) is 11.6. The van der Waals surface area contributed by atoms with Gasteiger partial charge in [-0.15, -0.1) is 0 Å². The number of piperazine rings is 1. The number of para-hydroxylation sites is 1. The average Bonchev–Trinajstić information content (AvgIpc) is 2.88. The van der Waals surface area contributed by atoms with E-state index in [9.17, 15) is 4.79 Å². The zero-order valence-corrected chi connectivity index (χ0v) is 19.2. The molecule has 0 atom stereocenters. The molecule has 172 valence electrons. The van der Waals surface area contributed by atoms with E-state index in [0.29, 0.717) is 44.2 Å². The van der Waals surface area contributed by atoms with Crippen molar-refractivity contribution in [2.75, 3.05) is 46.0 Å². The maximum absolute atomic E-state index is 13.3. The van der Waals surface area contributed by atoms with Crippen LogP contribution in [0.3, 0.4) is 0 Å². The molecule has 0 unspecified atom stereocenters. The molecule has 0 N–H and O–H groups in total. The maximum Gasteiger partial charge on any atom is 0.257 e. The van der Waals surface area contributed by atoms with Crippen molar-refractivity contribution in [1.29, 1.82) is 0 Å². The molecule has 1 heterocycles. The molecule has 4 rings (SSSR count). The molecule has 1 amide bonds. The van der Waals surface area contributed by atoms with Crippen molar-refractivity contribution in [2.45, 2.75) is 13.0 Å². The van der Waals surface area contributed by atoms with Gasteiger partial charge in [0.15, 0.2) is 0 Å². The number of amides is 1. The highest BCUT2D eigenvalue weighted by atomic mass is 16.5. The molecular formula is C28H32N2O3. The van der Waals surface area contributed by atoms with Gasteiger partial charge in [-0.2, -0.15) is 0 Å². The second-order valence-electron chi connectivity index (χ2n) is 8.09. The van der Waals surface area contributed by atoms with Crippen LogP contribution in [0.5, 0.6) is 5.75 Å². The summed E-state index contributed by atoms with van der Waals surface area (Å²) in [7, 11) is 0. The van der Waals surface area contributed by atoms with Gasteiger partial charge in [-0.25, -0.2) is 0 Å². The summed E-state index contributed by atoms with van der Waals surface area (Å²) in [4.78, 5) is 17.7. The van der Waals surface area contributed by atoms with Gasteiger partial charge in [-0.1, -0.05) is 72.8 Å². The Bertz CT molecular complexity index is 962. The Hall–Kier alpha value is -3.15. The Morgan fingerprint density at radius 3 is 1.97 bits per heavy atom. The fraction of sp³-hybridized carbons (Fsp3) is 0.321. The van der Waals surface area contributed by atoms with E-state index >= 15 is 0 Å². The Morgan fingerprint density at radius 2 is 1.36 bits per heavy atom. The molecule has 0 aromatic heterocycles. The fourth-order valence-electron chi connectivity index (χ4n) is 4.36. The molecule has 33 heavy (non-hydrogen) atoms. The monoisotopic (exact) mass is 444 g/mol. The third kappa shape index (κ3) is 5.81. The fourth-order valence-corrected chi connectivity index (χ4v) is 4.36. The summed E-state index contributed by atoms with van der Waals surface area (Å²) in [5.41, 5.74) is 3.16. The average molecular weight is 445 g/mol. The predicted molar refractivity (Wildman–Crippen MR) is 131 cm³/mol. The first-order valence-corrected chi connectivity index (χ1v) is 11.7. The molecule has 0 aliphatic carbocycles. The summed E-state index contributed by atoms with van der Waals surface area (Å²) in [5, 5.41) is 0. The molecule has 3 aromatic rings. The van der Waals surface area contributed by atoms with Gasteiger partial charge in [0.1, 0.15) is 12.4 Å². The summed E-state index contributed by atoms with van der Waals surface area (Å²) in [6, 6.07) is 28.9. The number of hydrogen-bond acceptors (Lipinski definition) is 4. The number of carbonyl (C=O) groups excluding carboxylic acids is 1. The Labute approximate surface area is 196 Å². The van der Waals surface area contributed by atoms with Crippen LogP contribution in [0.15, 0.2) is 84.9 Å². The van der Waals surface area contributed by atoms with Crippen molar-refractivity contribution in [3.8, 4) is 5.75 Å². The Balaban J connectivity index is 1.44. The lowest BCUT2D eigenvalue weighted by molar-refractivity contribution is 0.0590. The van der Waals surface area contributed by atoms with Gasteiger partial charge in [0.2, 0.25) is 0 Å². The highest BCUT2D eigenvalue weighted by Gasteiger charge is 2.29. The van der Waals surface area contributed by atoms with E-state index in [0.717, 1.165) is 13.1 Å². The Morgan fingerprint density at radius 1 is 0.788 bits per heavy atom. The van der Waals surface area contributed by atoms with Crippen molar-refractivity contribution in [2.24, 2.45) is 0 Å². The van der Waals surface area contributed by atoms with Crippen LogP contribution in [0, 0.1) is 0 Å². The lowest BCUT2D eigenvalue weighted by Gasteiger charge is -2.40. The normalized spacial score (nSPS) is 14.4. The van der Waals surface area contributed by atoms with Crippen LogP contribution in [0.2, 0.25) is 0 Å². The zero-order chi connectivity index (χ0) is 22.9. The van der Waals surface area contributed by atoms with Gasteiger partial charge in [0.25, 0.3) is 5.91 Å². The quantitative estimate of drug-likeness (QED) is 0.451. The van der Waals surface area contributed by atoms with E-state index in [1.165, 1.54) is 11.1 Å². The molecule has 1 saturated heterocycles. The van der Waals surface area contributed by atoms with Crippen molar-refractivity contribution >= 4 is 5.91 Å². The molecule has 3 aromatic carbocycles. The van der Waals surface area contributed by atoms with Crippen molar-refractivity contribution in [3.63, 3.8) is 0 Å². The van der Waals surface area contributed by atoms with Crippen molar-refractivity contribution in [1.82, 2.24) is 9.80 Å². The SMILES string of the molecule is CCOCCOc1ccccc1C(=O)N1CCN(C(c2ccccc2)c2ccccc2)CC1. The first-order chi connectivity index (χ1) is 16.3. The topological polar surface area (TPSA) is 42.0 Å². The largest absolute Gasteiger partial charge is 0.490 e. The van der Waals surface area contributed by atoms with Crippen LogP contribution in [-0.2, 0) is 4.74 Å². The first-order valence-electron chi connectivity index (χ1n) is 11.7. The molecule has 0 spiro atoms. The number of ether oxygens (including phenoxy) is 2. The first kappa shape index (κ1) is 23.0. The third-order valence-corrected chi connectivity index (χ3v) is 6.00. The van der Waals surface area contributed by atoms with Crippen LogP contribution in [0.1, 0.15) is 34.5 Å². The van der Waals surface area contributed by atoms with Gasteiger partial charge in [0, 0.05) is 32.8 Å². The van der Waals surface area contributed by atoms with Crippen LogP contribution >= 0.6 is 0 Å². The minimum atomic E-state index is 0.0256. The zero-order valence-electron chi connectivity index (χ0n) is 19.2. The third-order valence-electron chi connectivity index (χ3n) is 6.00. The highest BCUT2D eigenvalue weighted by molar-refractivity contribution is 5.97. The predicted octanol–water partition coefficient (Wildman–Crippen LogP) is 4.65. The van der Waals surface area contributed by atoms with Crippen molar-refractivity contribution < 1.29 is 14.3 Å². The summed E-state index contributed by atoms with van der Waals surface area (Å²) in [5.74, 6) is 0.647. The maximum atomic E-state index is 13.3. The van der Waals surface area contributed by atoms with E-state index in [1.807, 2.05) is 36.1 Å². The number of rotatable bonds is 9. The van der Waals surface area contributed by atoms with Gasteiger partial charge in [0.05, 0.1) is 18.2 Å². The number of nitrogens with zero attached hydrogens (tertiary/aromatic N) is 2. The van der Waals surface area contributed by atoms with Crippen LogP contribution in [-0.4, -0.2) is 61.7 Å². The van der Waals surface area contributed by atoms with E-state index in [4.69, 9.17) is 9.47 Å². The lowest BCUT2D eigenvalue weighted by atomic mass is 9.96. The molecular weight excluding hydrogens is 412 g/mol. The summed E-state index contributed by atoms with van der Waals surface area (Å²) >= 11 is 0. The van der Waals surface area contributed by atoms with Crippen LogP contribution in [0.4, 0.5) is 0 Å². The number of hydrogen-bond donors (Lipinski definition) is 0. The summed E-state index contributed by atoms with van der Waals surface area (Å²) < 4.78 is 11.2. The summed E-state index contributed by atoms with van der Waals surface area (Å²) in [6.07, 6.45) is 0. The Kier molecular flexibility index (Phi) is 8.12. The van der Waals surface area contributed by atoms with Gasteiger partial charge >= 0.3 is 0 Å². The van der Waals surface area contributed by atoms with Crippen LogP contribution in [0.25, 0.3) is 0 Å². The molecule has 5 nitrogen and oxygen atoms in total. The minimum absolute atomic E-state index is 0.0256. The van der Waals surface area contributed by atoms with E-state index in [2.05, 4.69) is 65.6 Å². The summed E-state index contributed by atoms with van der Waals surface area (Å²) in [6.45, 7) is 6.55. The minimum Gasteiger partial charge on any atom is -0.490 e. The van der Waals surface area contributed by atoms with Gasteiger partial charge in [-0.05, 0) is 30.2 Å². The lowest BCUT2D eigenvalue weighted by Crippen LogP contribution is -2.49. The molecule has 0 saturated carbocycles. The molecule has 5 heteroatoms. The van der Waals surface area contributed by atoms with Gasteiger partial charge < -0.3 is 14.4 Å². The number of carbonyl (C=O) groups is 1. The van der Waals surface area contributed by atoms with Crippen LogP contribution < -0.4 is 4.74 Å². The number of benzene rings is 3. The molecule has 1 aliphatic rings. The second-order valence-corrected chi connectivity index (χ2v) is 8.09. The van der Waals surface area contributed by atoms with Crippen molar-refractivity contribution in [3.05, 3.63) is 102 Å². The van der Waals surface area contributed by atoms with Gasteiger partial charge in [-0.3, -0.25) is 9.69 Å². The smallest absolute Gasteiger partial charge is 0.257 e. The van der Waals surface area contributed by atoms with E-state index in [-0.39, 0.29) is 11.9 Å². The molecule has 1 aliphatic heterocycles. The standard InChI is InChI=1S/C28H32N2O3/c1-2-32-21-22-33-26-16-10-9-15-25(26)28(31)30-19-17-29(18-20-30)27(23-11-5-3-6-12-23)24-13-7-4-8-14-24/h3-16,27H,2,17-22H2,1H3. The molecule has 0 radical (unpaired) electrons. The van der Waals surface area contributed by atoms with E-state index < -0.39 is 0 Å². The van der Waals surface area contributed by atoms with E-state index in [1.54, 1.807) is 0 Å².